The van der Waals surface area contributed by atoms with Crippen molar-refractivity contribution in [1.82, 2.24) is 0 Å². The first kappa shape index (κ1) is 15.3. The molecule has 22 heavy (non-hydrogen) atoms. The molecule has 2 aliphatic rings. The van der Waals surface area contributed by atoms with E-state index in [0.717, 1.165) is 18.5 Å². The number of nitrogens with two attached hydrogens (primary N) is 1. The number of rotatable bonds is 3. The first-order chi connectivity index (χ1) is 10.5. The van der Waals surface area contributed by atoms with E-state index in [4.69, 9.17) is 5.73 Å². The maximum Gasteiger partial charge on any atom is 0.248 e. The minimum absolute atomic E-state index is 0.0225. The van der Waals surface area contributed by atoms with E-state index >= 15 is 0 Å². The number of nitrogens with zero attached hydrogens (tertiary/aromatic N) is 1. The molecule has 3 rings (SSSR count). The number of benzene rings is 1. The monoisotopic (exact) mass is 307 g/mol. The lowest BCUT2D eigenvalue weighted by Crippen LogP contribution is -2.28. The Morgan fingerprint density at radius 3 is 2.73 bits per heavy atom. The molecule has 0 radical (unpaired) electrons. The highest BCUT2D eigenvalue weighted by Crippen LogP contribution is 2.36. The van der Waals surface area contributed by atoms with Crippen LogP contribution in [0.25, 0.3) is 0 Å². The van der Waals surface area contributed by atoms with Gasteiger partial charge < -0.3 is 11.1 Å². The van der Waals surface area contributed by atoms with Gasteiger partial charge in [0, 0.05) is 25.1 Å². The van der Waals surface area contributed by atoms with E-state index in [2.05, 4.69) is 22.4 Å². The van der Waals surface area contributed by atoms with Gasteiger partial charge in [0.1, 0.15) is 0 Å². The van der Waals surface area contributed by atoms with Crippen molar-refractivity contribution in [3.05, 3.63) is 29.3 Å². The van der Waals surface area contributed by atoms with Gasteiger partial charge in [0.2, 0.25) is 5.92 Å². The summed E-state index contributed by atoms with van der Waals surface area (Å²) in [7, 11) is 0. The second-order valence-corrected chi connectivity index (χ2v) is 6.49. The van der Waals surface area contributed by atoms with E-state index in [1.54, 1.807) is 0 Å². The number of aliphatic imine (C=N–C) groups is 1. The van der Waals surface area contributed by atoms with E-state index in [1.807, 2.05) is 6.07 Å². The molecule has 1 aromatic carbocycles. The second kappa shape index (κ2) is 6.23. The van der Waals surface area contributed by atoms with Crippen LogP contribution in [0.4, 0.5) is 14.5 Å². The van der Waals surface area contributed by atoms with E-state index in [0.29, 0.717) is 25.3 Å². The van der Waals surface area contributed by atoms with Crippen LogP contribution in [0.1, 0.15) is 43.2 Å². The summed E-state index contributed by atoms with van der Waals surface area (Å²) in [6.45, 7) is 0.528. The van der Waals surface area contributed by atoms with Gasteiger partial charge in [-0.05, 0) is 61.3 Å². The largest absolute Gasteiger partial charge is 0.370 e. The Hall–Kier alpha value is -1.65. The fourth-order valence-electron chi connectivity index (χ4n) is 3.35. The highest BCUT2D eigenvalue weighted by Gasteiger charge is 2.34. The van der Waals surface area contributed by atoms with Crippen molar-refractivity contribution in [2.24, 2.45) is 16.6 Å². The van der Waals surface area contributed by atoms with Crippen molar-refractivity contribution in [1.29, 1.82) is 0 Å². The van der Waals surface area contributed by atoms with Gasteiger partial charge in [-0.2, -0.15) is 0 Å². The quantitative estimate of drug-likeness (QED) is 0.660. The summed E-state index contributed by atoms with van der Waals surface area (Å²) in [6.07, 6.45) is 4.51. The number of aryl methyl sites for hydroxylation is 2. The number of anilines is 1. The van der Waals surface area contributed by atoms with E-state index in [1.165, 1.54) is 17.5 Å². The molecule has 0 unspecified atom stereocenters. The number of nitrogens with one attached hydrogen (secondary N) is 1. The molecule has 1 aromatic rings. The lowest BCUT2D eigenvalue weighted by atomic mass is 9.87. The van der Waals surface area contributed by atoms with E-state index < -0.39 is 5.92 Å². The van der Waals surface area contributed by atoms with Crippen LogP contribution in [-0.4, -0.2) is 18.4 Å². The SMILES string of the molecule is NC(=NCC1CCC(F)(F)CC1)Nc1ccc2c(c1)CCC2. The van der Waals surface area contributed by atoms with Crippen LogP contribution in [0.5, 0.6) is 0 Å². The summed E-state index contributed by atoms with van der Waals surface area (Å²) in [4.78, 5) is 4.32. The van der Waals surface area contributed by atoms with Crippen LogP contribution in [0, 0.1) is 5.92 Å². The summed E-state index contributed by atoms with van der Waals surface area (Å²) < 4.78 is 26.2. The predicted octanol–water partition coefficient (Wildman–Crippen LogP) is 3.73. The first-order valence-electron chi connectivity index (χ1n) is 8.08. The van der Waals surface area contributed by atoms with Gasteiger partial charge in [0.25, 0.3) is 0 Å². The average Bonchev–Trinajstić information content (AvgIpc) is 2.93. The van der Waals surface area contributed by atoms with Crippen LogP contribution >= 0.6 is 0 Å². The average molecular weight is 307 g/mol. The molecule has 3 nitrogen and oxygen atoms in total. The summed E-state index contributed by atoms with van der Waals surface area (Å²) in [5.74, 6) is -1.88. The Morgan fingerprint density at radius 2 is 1.95 bits per heavy atom. The number of alkyl halides is 2. The zero-order chi connectivity index (χ0) is 15.6. The normalized spacial score (nSPS) is 21.6. The standard InChI is InChI=1S/C17H23F2N3/c18-17(19)8-6-12(7-9-17)11-21-16(20)22-15-5-4-13-2-1-3-14(13)10-15/h4-5,10,12H,1-3,6-9,11H2,(H3,20,21,22). The van der Waals surface area contributed by atoms with Crippen LogP contribution in [0.15, 0.2) is 23.2 Å². The van der Waals surface area contributed by atoms with Crippen molar-refractivity contribution in [2.75, 3.05) is 11.9 Å². The number of fused-ring (bicyclic) bond motifs is 1. The van der Waals surface area contributed by atoms with E-state index in [-0.39, 0.29) is 18.8 Å². The van der Waals surface area contributed by atoms with Gasteiger partial charge >= 0.3 is 0 Å². The summed E-state index contributed by atoms with van der Waals surface area (Å²) >= 11 is 0. The van der Waals surface area contributed by atoms with Crippen molar-refractivity contribution in [2.45, 2.75) is 50.9 Å². The molecule has 2 aliphatic carbocycles. The third-order valence-corrected chi connectivity index (χ3v) is 4.73. The molecule has 0 bridgehead atoms. The lowest BCUT2D eigenvalue weighted by molar-refractivity contribution is -0.0446. The minimum atomic E-state index is -2.48. The summed E-state index contributed by atoms with van der Waals surface area (Å²) in [6, 6.07) is 6.29. The molecule has 1 saturated carbocycles. The predicted molar refractivity (Wildman–Crippen MR) is 85.5 cm³/mol. The Labute approximate surface area is 130 Å². The molecule has 0 atom stereocenters. The van der Waals surface area contributed by atoms with Crippen molar-refractivity contribution in [3.63, 3.8) is 0 Å². The Kier molecular flexibility index (Phi) is 4.32. The lowest BCUT2D eigenvalue weighted by Gasteiger charge is -2.27. The van der Waals surface area contributed by atoms with Gasteiger partial charge in [-0.25, -0.2) is 8.78 Å². The summed E-state index contributed by atoms with van der Waals surface area (Å²) in [5, 5.41) is 3.11. The minimum Gasteiger partial charge on any atom is -0.370 e. The topological polar surface area (TPSA) is 50.4 Å². The number of halogens is 2. The number of hydrogen-bond donors (Lipinski definition) is 2. The third kappa shape index (κ3) is 3.76. The molecule has 0 aliphatic heterocycles. The molecule has 0 saturated heterocycles. The Morgan fingerprint density at radius 1 is 1.23 bits per heavy atom. The highest BCUT2D eigenvalue weighted by atomic mass is 19.3. The van der Waals surface area contributed by atoms with Gasteiger partial charge in [-0.3, -0.25) is 4.99 Å². The van der Waals surface area contributed by atoms with Crippen molar-refractivity contribution in [3.8, 4) is 0 Å². The molecular weight excluding hydrogens is 284 g/mol. The molecule has 0 amide bonds. The Balaban J connectivity index is 1.52. The van der Waals surface area contributed by atoms with Crippen molar-refractivity contribution >= 4 is 11.6 Å². The first-order valence-corrected chi connectivity index (χ1v) is 8.08. The molecule has 0 spiro atoms. The Bertz CT molecular complexity index is 559. The molecule has 3 N–H and O–H groups in total. The van der Waals surface area contributed by atoms with Gasteiger partial charge in [0.15, 0.2) is 5.96 Å². The van der Waals surface area contributed by atoms with Crippen LogP contribution < -0.4 is 11.1 Å². The highest BCUT2D eigenvalue weighted by molar-refractivity contribution is 5.92. The third-order valence-electron chi connectivity index (χ3n) is 4.73. The second-order valence-electron chi connectivity index (χ2n) is 6.49. The van der Waals surface area contributed by atoms with Gasteiger partial charge in [0.05, 0.1) is 0 Å². The zero-order valence-electron chi connectivity index (χ0n) is 12.7. The molecule has 0 aromatic heterocycles. The molecule has 5 heteroatoms. The maximum absolute atomic E-state index is 13.1. The van der Waals surface area contributed by atoms with Gasteiger partial charge in [-0.15, -0.1) is 0 Å². The van der Waals surface area contributed by atoms with Crippen molar-refractivity contribution < 1.29 is 8.78 Å². The van der Waals surface area contributed by atoms with Crippen LogP contribution in [-0.2, 0) is 12.8 Å². The fourth-order valence-corrected chi connectivity index (χ4v) is 3.35. The smallest absolute Gasteiger partial charge is 0.248 e. The van der Waals surface area contributed by atoms with Gasteiger partial charge in [-0.1, -0.05) is 6.07 Å². The van der Waals surface area contributed by atoms with Crippen LogP contribution in [0.3, 0.4) is 0 Å². The molecule has 120 valence electrons. The molecule has 1 fully saturated rings. The number of hydrogen-bond acceptors (Lipinski definition) is 1. The molecule has 0 heterocycles. The van der Waals surface area contributed by atoms with Crippen LogP contribution in [0.2, 0.25) is 0 Å². The summed E-state index contributed by atoms with van der Waals surface area (Å²) in [5.41, 5.74) is 9.67. The molecular formula is C17H23F2N3. The zero-order valence-corrected chi connectivity index (χ0v) is 12.7. The van der Waals surface area contributed by atoms with E-state index in [9.17, 15) is 8.78 Å². The fraction of sp³-hybridized carbons (Fsp3) is 0.588. The maximum atomic E-state index is 13.1. The number of guanidine groups is 1.